The molecule has 1 heterocycles. The highest BCUT2D eigenvalue weighted by Gasteiger charge is 2.22. The molecule has 1 aliphatic heterocycles. The number of ether oxygens (including phenoxy) is 6. The van der Waals surface area contributed by atoms with Crippen molar-refractivity contribution in [1.82, 2.24) is 4.90 Å². The van der Waals surface area contributed by atoms with Crippen molar-refractivity contribution in [2.45, 2.75) is 20.3 Å². The van der Waals surface area contributed by atoms with Crippen molar-refractivity contribution in [3.8, 4) is 0 Å². The first kappa shape index (κ1) is 26.7. The SMILES string of the molecule is CCC(C)COCCOCCOCCOCCOCCOCCN1C(=O)C=CC1=O. The van der Waals surface area contributed by atoms with Gasteiger partial charge in [-0.15, -0.1) is 0 Å². The minimum absolute atomic E-state index is 0.255. The molecule has 174 valence electrons. The molecule has 1 unspecified atom stereocenters. The van der Waals surface area contributed by atoms with Crippen LogP contribution >= 0.6 is 0 Å². The highest BCUT2D eigenvalue weighted by Crippen LogP contribution is 2.02. The van der Waals surface area contributed by atoms with Gasteiger partial charge in [-0.25, -0.2) is 0 Å². The van der Waals surface area contributed by atoms with Crippen molar-refractivity contribution in [3.63, 3.8) is 0 Å². The second-order valence-corrected chi connectivity index (χ2v) is 6.81. The highest BCUT2D eigenvalue weighted by molar-refractivity contribution is 6.12. The lowest BCUT2D eigenvalue weighted by Crippen LogP contribution is -2.33. The van der Waals surface area contributed by atoms with Crippen LogP contribution in [0.4, 0.5) is 0 Å². The molecule has 0 aromatic rings. The van der Waals surface area contributed by atoms with Crippen LogP contribution in [-0.4, -0.2) is 103 Å². The summed E-state index contributed by atoms with van der Waals surface area (Å²) in [5.74, 6) is 0.00183. The maximum absolute atomic E-state index is 11.3. The Labute approximate surface area is 179 Å². The topological polar surface area (TPSA) is 92.8 Å². The molecule has 0 bridgehead atoms. The van der Waals surface area contributed by atoms with Gasteiger partial charge in [0.2, 0.25) is 0 Å². The summed E-state index contributed by atoms with van der Waals surface area (Å²) >= 11 is 0. The number of rotatable bonds is 21. The molecule has 1 aliphatic rings. The van der Waals surface area contributed by atoms with Crippen LogP contribution < -0.4 is 0 Å². The average molecular weight is 432 g/mol. The summed E-state index contributed by atoms with van der Waals surface area (Å²) in [5, 5.41) is 0. The average Bonchev–Trinajstić information content (AvgIpc) is 3.07. The van der Waals surface area contributed by atoms with Gasteiger partial charge in [0, 0.05) is 18.8 Å². The van der Waals surface area contributed by atoms with Crippen molar-refractivity contribution in [2.24, 2.45) is 5.92 Å². The Balaban J connectivity index is 1.70. The number of hydrogen-bond acceptors (Lipinski definition) is 8. The Morgan fingerprint density at radius 3 is 1.43 bits per heavy atom. The third-order valence-electron chi connectivity index (χ3n) is 4.32. The van der Waals surface area contributed by atoms with Crippen molar-refractivity contribution >= 4 is 11.8 Å². The smallest absolute Gasteiger partial charge is 0.253 e. The summed E-state index contributed by atoms with van der Waals surface area (Å²) in [6.07, 6.45) is 3.65. The number of carbonyl (C=O) groups excluding carboxylic acids is 2. The second-order valence-electron chi connectivity index (χ2n) is 6.81. The van der Waals surface area contributed by atoms with Gasteiger partial charge in [-0.05, 0) is 5.92 Å². The van der Waals surface area contributed by atoms with Gasteiger partial charge in [-0.1, -0.05) is 20.3 Å². The van der Waals surface area contributed by atoms with Gasteiger partial charge in [0.05, 0.1) is 79.2 Å². The first-order valence-corrected chi connectivity index (χ1v) is 10.6. The molecule has 0 aromatic heterocycles. The summed E-state index contributed by atoms with van der Waals surface area (Å²) in [6, 6.07) is 0. The van der Waals surface area contributed by atoms with E-state index in [-0.39, 0.29) is 18.4 Å². The largest absolute Gasteiger partial charge is 0.379 e. The van der Waals surface area contributed by atoms with Crippen LogP contribution in [0, 0.1) is 5.92 Å². The molecule has 0 spiro atoms. The monoisotopic (exact) mass is 431 g/mol. The van der Waals surface area contributed by atoms with E-state index in [1.165, 1.54) is 12.2 Å². The Hall–Kier alpha value is -1.36. The first-order chi connectivity index (χ1) is 14.6. The standard InChI is InChI=1S/C21H37NO8/c1-3-19(2)18-30-17-16-29-15-14-28-13-12-27-11-10-26-9-8-25-7-6-22-20(23)4-5-21(22)24/h4-5,19H,3,6-18H2,1-2H3. The van der Waals surface area contributed by atoms with E-state index in [4.69, 9.17) is 28.4 Å². The Morgan fingerprint density at radius 1 is 0.667 bits per heavy atom. The zero-order valence-corrected chi connectivity index (χ0v) is 18.3. The predicted molar refractivity (Wildman–Crippen MR) is 110 cm³/mol. The fourth-order valence-corrected chi connectivity index (χ4v) is 2.31. The quantitative estimate of drug-likeness (QED) is 0.197. The molecule has 0 saturated heterocycles. The maximum Gasteiger partial charge on any atom is 0.253 e. The third-order valence-corrected chi connectivity index (χ3v) is 4.32. The number of hydrogen-bond donors (Lipinski definition) is 0. The lowest BCUT2D eigenvalue weighted by molar-refractivity contribution is -0.137. The van der Waals surface area contributed by atoms with Gasteiger partial charge in [0.25, 0.3) is 11.8 Å². The lowest BCUT2D eigenvalue weighted by atomic mass is 10.1. The van der Waals surface area contributed by atoms with Crippen LogP contribution in [-0.2, 0) is 38.0 Å². The van der Waals surface area contributed by atoms with Crippen LogP contribution in [0.3, 0.4) is 0 Å². The molecule has 30 heavy (non-hydrogen) atoms. The van der Waals surface area contributed by atoms with E-state index >= 15 is 0 Å². The molecule has 9 nitrogen and oxygen atoms in total. The normalized spacial score (nSPS) is 14.8. The summed E-state index contributed by atoms with van der Waals surface area (Å²) in [4.78, 5) is 23.8. The summed E-state index contributed by atoms with van der Waals surface area (Å²) in [6.45, 7) is 10.7. The van der Waals surface area contributed by atoms with E-state index in [0.29, 0.717) is 78.6 Å². The van der Waals surface area contributed by atoms with Crippen LogP contribution in [0.2, 0.25) is 0 Å². The zero-order valence-electron chi connectivity index (χ0n) is 18.3. The molecule has 2 amide bonds. The van der Waals surface area contributed by atoms with Crippen molar-refractivity contribution in [3.05, 3.63) is 12.2 Å². The van der Waals surface area contributed by atoms with Crippen molar-refractivity contribution < 1.29 is 38.0 Å². The Kier molecular flexibility index (Phi) is 16.4. The Morgan fingerprint density at radius 2 is 1.03 bits per heavy atom. The summed E-state index contributed by atoms with van der Waals surface area (Å²) < 4.78 is 32.5. The minimum atomic E-state index is -0.296. The Bertz CT molecular complexity index is 468. The first-order valence-electron chi connectivity index (χ1n) is 10.6. The van der Waals surface area contributed by atoms with Gasteiger partial charge >= 0.3 is 0 Å². The van der Waals surface area contributed by atoms with Crippen LogP contribution in [0.5, 0.6) is 0 Å². The molecule has 0 fully saturated rings. The third kappa shape index (κ3) is 13.8. The van der Waals surface area contributed by atoms with Crippen LogP contribution in [0.25, 0.3) is 0 Å². The number of nitrogens with zero attached hydrogens (tertiary/aromatic N) is 1. The molecule has 0 N–H and O–H groups in total. The molecular formula is C21H37NO8. The van der Waals surface area contributed by atoms with E-state index in [0.717, 1.165) is 17.9 Å². The molecule has 9 heteroatoms. The molecule has 1 atom stereocenters. The number of amides is 2. The van der Waals surface area contributed by atoms with E-state index in [2.05, 4.69) is 13.8 Å². The van der Waals surface area contributed by atoms with Gasteiger partial charge in [-0.3, -0.25) is 14.5 Å². The van der Waals surface area contributed by atoms with Crippen LogP contribution in [0.15, 0.2) is 12.2 Å². The van der Waals surface area contributed by atoms with Gasteiger partial charge < -0.3 is 28.4 Å². The highest BCUT2D eigenvalue weighted by atomic mass is 16.6. The number of carbonyl (C=O) groups is 2. The fraction of sp³-hybridized carbons (Fsp3) is 0.810. The predicted octanol–water partition coefficient (Wildman–Crippen LogP) is 1.06. The van der Waals surface area contributed by atoms with E-state index < -0.39 is 0 Å². The summed E-state index contributed by atoms with van der Waals surface area (Å²) in [7, 11) is 0. The maximum atomic E-state index is 11.3. The van der Waals surface area contributed by atoms with Crippen molar-refractivity contribution in [2.75, 3.05) is 85.8 Å². The van der Waals surface area contributed by atoms with Gasteiger partial charge in [0.15, 0.2) is 0 Å². The molecule has 0 aromatic carbocycles. The molecule has 0 saturated carbocycles. The number of imide groups is 1. The minimum Gasteiger partial charge on any atom is -0.379 e. The van der Waals surface area contributed by atoms with Crippen molar-refractivity contribution in [1.29, 1.82) is 0 Å². The molecule has 0 aliphatic carbocycles. The zero-order chi connectivity index (χ0) is 21.9. The van der Waals surface area contributed by atoms with Gasteiger partial charge in [-0.2, -0.15) is 0 Å². The summed E-state index contributed by atoms with van der Waals surface area (Å²) in [5.41, 5.74) is 0. The van der Waals surface area contributed by atoms with E-state index in [1.54, 1.807) is 0 Å². The lowest BCUT2D eigenvalue weighted by Gasteiger charge is -2.13. The van der Waals surface area contributed by atoms with Crippen LogP contribution in [0.1, 0.15) is 20.3 Å². The van der Waals surface area contributed by atoms with E-state index in [1.807, 2.05) is 0 Å². The molecule has 1 rings (SSSR count). The second kappa shape index (κ2) is 18.4. The molecule has 0 radical (unpaired) electrons. The van der Waals surface area contributed by atoms with Gasteiger partial charge in [0.1, 0.15) is 0 Å². The van der Waals surface area contributed by atoms with E-state index in [9.17, 15) is 9.59 Å². The fourth-order valence-electron chi connectivity index (χ4n) is 2.31. The molecular weight excluding hydrogens is 394 g/mol.